The smallest absolute Gasteiger partial charge is 0.339 e. The van der Waals surface area contributed by atoms with Gasteiger partial charge in [-0.25, -0.2) is 4.79 Å². The first kappa shape index (κ1) is 16.7. The molecule has 6 heteroatoms. The first-order chi connectivity index (χ1) is 9.51. The number of rotatable bonds is 5. The van der Waals surface area contributed by atoms with E-state index in [0.29, 0.717) is 27.4 Å². The molecular weight excluding hydrogens is 296 g/mol. The van der Waals surface area contributed by atoms with Crippen molar-refractivity contribution < 1.29 is 9.53 Å². The van der Waals surface area contributed by atoms with Gasteiger partial charge in [0.05, 0.1) is 17.7 Å². The van der Waals surface area contributed by atoms with Crippen LogP contribution in [0.5, 0.6) is 0 Å². The molecule has 0 saturated heterocycles. The summed E-state index contributed by atoms with van der Waals surface area (Å²) in [5.41, 5.74) is 1.00. The largest absolute Gasteiger partial charge is 0.465 e. The standard InChI is InChI=1S/C14H19ClN2O2S/c1-4-9(5-2)16-14(20)17-10-6-7-12(15)11(8-10)13(18)19-3/h6-9H,4-5H2,1-3H3,(H2,16,17,20). The molecule has 0 atom stereocenters. The van der Waals surface area contributed by atoms with Crippen LogP contribution in [-0.4, -0.2) is 24.2 Å². The van der Waals surface area contributed by atoms with E-state index in [-0.39, 0.29) is 0 Å². The summed E-state index contributed by atoms with van der Waals surface area (Å²) in [4.78, 5) is 11.6. The molecule has 110 valence electrons. The van der Waals surface area contributed by atoms with Gasteiger partial charge in [0.15, 0.2) is 5.11 Å². The molecule has 0 aliphatic heterocycles. The summed E-state index contributed by atoms with van der Waals surface area (Å²) < 4.78 is 4.68. The molecule has 0 aromatic heterocycles. The Morgan fingerprint density at radius 2 is 2.05 bits per heavy atom. The van der Waals surface area contributed by atoms with E-state index < -0.39 is 5.97 Å². The number of hydrogen-bond acceptors (Lipinski definition) is 3. The summed E-state index contributed by atoms with van der Waals surface area (Å²) in [7, 11) is 1.32. The topological polar surface area (TPSA) is 50.4 Å². The Bertz CT molecular complexity index is 490. The van der Waals surface area contributed by atoms with E-state index in [0.717, 1.165) is 12.8 Å². The van der Waals surface area contributed by atoms with E-state index in [1.807, 2.05) is 0 Å². The molecule has 0 spiro atoms. The minimum Gasteiger partial charge on any atom is -0.465 e. The number of ether oxygens (including phenoxy) is 1. The normalized spacial score (nSPS) is 10.2. The highest BCUT2D eigenvalue weighted by Crippen LogP contribution is 2.21. The second kappa shape index (κ2) is 8.07. The summed E-state index contributed by atoms with van der Waals surface area (Å²) in [5.74, 6) is -0.475. The van der Waals surface area contributed by atoms with Crippen molar-refractivity contribution in [2.45, 2.75) is 32.7 Å². The van der Waals surface area contributed by atoms with Crippen molar-refractivity contribution >= 4 is 40.6 Å². The molecule has 0 saturated carbocycles. The van der Waals surface area contributed by atoms with Gasteiger partial charge in [-0.3, -0.25) is 0 Å². The predicted octanol–water partition coefficient (Wildman–Crippen LogP) is 3.60. The van der Waals surface area contributed by atoms with E-state index >= 15 is 0 Å². The number of nitrogens with one attached hydrogen (secondary N) is 2. The van der Waals surface area contributed by atoms with E-state index in [4.69, 9.17) is 23.8 Å². The van der Waals surface area contributed by atoms with Gasteiger partial charge in [-0.1, -0.05) is 25.4 Å². The number of thiocarbonyl (C=S) groups is 1. The van der Waals surface area contributed by atoms with Crippen molar-refractivity contribution in [3.63, 3.8) is 0 Å². The minimum absolute atomic E-state index is 0.310. The fourth-order valence-electron chi connectivity index (χ4n) is 1.71. The van der Waals surface area contributed by atoms with Crippen LogP contribution in [0, 0.1) is 0 Å². The van der Waals surface area contributed by atoms with Crippen molar-refractivity contribution in [3.8, 4) is 0 Å². The van der Waals surface area contributed by atoms with Crippen LogP contribution in [0.3, 0.4) is 0 Å². The molecule has 0 bridgehead atoms. The SMILES string of the molecule is CCC(CC)NC(=S)Nc1ccc(Cl)c(C(=O)OC)c1. The Labute approximate surface area is 129 Å². The predicted molar refractivity (Wildman–Crippen MR) is 86.5 cm³/mol. The third kappa shape index (κ3) is 4.65. The van der Waals surface area contributed by atoms with Crippen molar-refractivity contribution in [3.05, 3.63) is 28.8 Å². The molecule has 0 amide bonds. The van der Waals surface area contributed by atoms with Gasteiger partial charge in [0.1, 0.15) is 0 Å². The van der Waals surface area contributed by atoms with Crippen molar-refractivity contribution in [1.82, 2.24) is 5.32 Å². The van der Waals surface area contributed by atoms with E-state index in [9.17, 15) is 4.79 Å². The van der Waals surface area contributed by atoms with Crippen LogP contribution in [0.15, 0.2) is 18.2 Å². The summed E-state index contributed by atoms with van der Waals surface area (Å²) in [5, 5.41) is 7.13. The molecule has 2 N–H and O–H groups in total. The highest BCUT2D eigenvalue weighted by molar-refractivity contribution is 7.80. The monoisotopic (exact) mass is 314 g/mol. The van der Waals surface area contributed by atoms with Crippen LogP contribution in [0.4, 0.5) is 5.69 Å². The lowest BCUT2D eigenvalue weighted by atomic mass is 10.2. The molecule has 0 unspecified atom stereocenters. The molecule has 0 aliphatic rings. The number of anilines is 1. The van der Waals surface area contributed by atoms with Gasteiger partial charge >= 0.3 is 5.97 Å². The zero-order chi connectivity index (χ0) is 15.1. The Morgan fingerprint density at radius 3 is 2.60 bits per heavy atom. The molecule has 1 rings (SSSR count). The number of carbonyl (C=O) groups is 1. The zero-order valence-electron chi connectivity index (χ0n) is 11.8. The van der Waals surface area contributed by atoms with Crippen LogP contribution in [0.1, 0.15) is 37.0 Å². The molecule has 4 nitrogen and oxygen atoms in total. The van der Waals surface area contributed by atoms with Gasteiger partial charge in [-0.15, -0.1) is 0 Å². The van der Waals surface area contributed by atoms with Gasteiger partial charge in [-0.2, -0.15) is 0 Å². The van der Waals surface area contributed by atoms with E-state index in [2.05, 4.69) is 29.2 Å². The molecule has 0 aliphatic carbocycles. The van der Waals surface area contributed by atoms with E-state index in [1.165, 1.54) is 7.11 Å². The third-order valence-corrected chi connectivity index (χ3v) is 3.50. The Morgan fingerprint density at radius 1 is 1.40 bits per heavy atom. The molecule has 1 aromatic rings. The lowest BCUT2D eigenvalue weighted by Gasteiger charge is -2.18. The average Bonchev–Trinajstić information content (AvgIpc) is 2.45. The van der Waals surface area contributed by atoms with Crippen LogP contribution >= 0.6 is 23.8 Å². The third-order valence-electron chi connectivity index (χ3n) is 2.95. The molecule has 1 aromatic carbocycles. The molecule has 0 fully saturated rings. The quantitative estimate of drug-likeness (QED) is 0.642. The van der Waals surface area contributed by atoms with Crippen LogP contribution in [0.25, 0.3) is 0 Å². The summed E-state index contributed by atoms with van der Waals surface area (Å²) >= 11 is 11.2. The first-order valence-electron chi connectivity index (χ1n) is 6.47. The number of benzene rings is 1. The molecule has 0 heterocycles. The maximum atomic E-state index is 11.6. The van der Waals surface area contributed by atoms with Gasteiger partial charge in [0.25, 0.3) is 0 Å². The second-order valence-corrected chi connectivity index (χ2v) is 5.11. The highest BCUT2D eigenvalue weighted by atomic mass is 35.5. The Kier molecular flexibility index (Phi) is 6.75. The van der Waals surface area contributed by atoms with Crippen LogP contribution < -0.4 is 10.6 Å². The van der Waals surface area contributed by atoms with Crippen LogP contribution in [0.2, 0.25) is 5.02 Å². The molecule has 20 heavy (non-hydrogen) atoms. The van der Waals surface area contributed by atoms with Gasteiger partial charge < -0.3 is 15.4 Å². The fourth-order valence-corrected chi connectivity index (χ4v) is 2.19. The number of halogens is 1. The van der Waals surface area contributed by atoms with E-state index in [1.54, 1.807) is 18.2 Å². The lowest BCUT2D eigenvalue weighted by Crippen LogP contribution is -2.36. The first-order valence-corrected chi connectivity index (χ1v) is 7.25. The average molecular weight is 315 g/mol. The molecular formula is C14H19ClN2O2S. The Hall–Kier alpha value is -1.33. The van der Waals surface area contributed by atoms with Gasteiger partial charge in [0, 0.05) is 11.7 Å². The van der Waals surface area contributed by atoms with Crippen LogP contribution in [-0.2, 0) is 4.74 Å². The maximum absolute atomic E-state index is 11.6. The Balaban J connectivity index is 2.78. The number of carbonyl (C=O) groups excluding carboxylic acids is 1. The van der Waals surface area contributed by atoms with Crippen molar-refractivity contribution in [1.29, 1.82) is 0 Å². The maximum Gasteiger partial charge on any atom is 0.339 e. The molecule has 0 radical (unpaired) electrons. The van der Waals surface area contributed by atoms with Gasteiger partial charge in [-0.05, 0) is 43.3 Å². The number of methoxy groups -OCH3 is 1. The number of hydrogen-bond donors (Lipinski definition) is 2. The van der Waals surface area contributed by atoms with Crippen molar-refractivity contribution in [2.24, 2.45) is 0 Å². The second-order valence-electron chi connectivity index (χ2n) is 4.30. The summed E-state index contributed by atoms with van der Waals surface area (Å²) in [6.45, 7) is 4.20. The fraction of sp³-hybridized carbons (Fsp3) is 0.429. The summed E-state index contributed by atoms with van der Waals surface area (Å²) in [6, 6.07) is 5.35. The summed E-state index contributed by atoms with van der Waals surface area (Å²) in [6.07, 6.45) is 1.98. The van der Waals surface area contributed by atoms with Crippen molar-refractivity contribution in [2.75, 3.05) is 12.4 Å². The zero-order valence-corrected chi connectivity index (χ0v) is 13.4. The van der Waals surface area contributed by atoms with Gasteiger partial charge in [0.2, 0.25) is 0 Å². The number of esters is 1. The lowest BCUT2D eigenvalue weighted by molar-refractivity contribution is 0.0601. The highest BCUT2D eigenvalue weighted by Gasteiger charge is 2.12. The minimum atomic E-state index is -0.475.